The molecule has 0 bridgehead atoms. The minimum absolute atomic E-state index is 0.258. The standard InChI is InChI=1S/C8H10ClN3/c1-2-3-4-6-5-11-8(10)7(9)12-6/h3-5H,2H2,1H3,(H2,10,11)/b4-3+. The number of rotatable bonds is 2. The molecule has 0 amide bonds. The Morgan fingerprint density at radius 2 is 2.42 bits per heavy atom. The molecule has 1 aromatic heterocycles. The fourth-order valence-electron chi connectivity index (χ4n) is 0.707. The molecule has 1 heterocycles. The normalized spacial score (nSPS) is 10.8. The lowest BCUT2D eigenvalue weighted by molar-refractivity contribution is 1.18. The van der Waals surface area contributed by atoms with Gasteiger partial charge in [0, 0.05) is 0 Å². The molecule has 0 aliphatic carbocycles. The number of hydrogen-bond donors (Lipinski definition) is 1. The topological polar surface area (TPSA) is 51.8 Å². The van der Waals surface area contributed by atoms with E-state index in [-0.39, 0.29) is 11.0 Å². The third kappa shape index (κ3) is 2.20. The van der Waals surface area contributed by atoms with Crippen LogP contribution in [0.5, 0.6) is 0 Å². The number of nitrogens with two attached hydrogens (primary N) is 1. The number of anilines is 1. The van der Waals surface area contributed by atoms with Gasteiger partial charge in [0.05, 0.1) is 11.9 Å². The molecule has 0 fully saturated rings. The van der Waals surface area contributed by atoms with Crippen LogP contribution in [0.3, 0.4) is 0 Å². The smallest absolute Gasteiger partial charge is 0.171 e. The van der Waals surface area contributed by atoms with E-state index in [2.05, 4.69) is 9.97 Å². The first-order chi connectivity index (χ1) is 5.74. The first-order valence-corrected chi connectivity index (χ1v) is 4.06. The molecular weight excluding hydrogens is 174 g/mol. The summed E-state index contributed by atoms with van der Waals surface area (Å²) in [7, 11) is 0. The van der Waals surface area contributed by atoms with Gasteiger partial charge in [0.25, 0.3) is 0 Å². The fourth-order valence-corrected chi connectivity index (χ4v) is 0.854. The summed E-state index contributed by atoms with van der Waals surface area (Å²) in [6, 6.07) is 0. The summed E-state index contributed by atoms with van der Waals surface area (Å²) in [6.45, 7) is 2.04. The minimum atomic E-state index is 0.258. The van der Waals surface area contributed by atoms with Gasteiger partial charge < -0.3 is 5.73 Å². The lowest BCUT2D eigenvalue weighted by Crippen LogP contribution is -1.94. The van der Waals surface area contributed by atoms with Crippen LogP contribution in [0.4, 0.5) is 5.82 Å². The monoisotopic (exact) mass is 183 g/mol. The number of allylic oxidation sites excluding steroid dienone is 1. The molecule has 0 aromatic carbocycles. The predicted octanol–water partition coefficient (Wildman–Crippen LogP) is 2.14. The van der Waals surface area contributed by atoms with Gasteiger partial charge in [-0.15, -0.1) is 0 Å². The van der Waals surface area contributed by atoms with Crippen LogP contribution < -0.4 is 5.73 Å². The number of hydrogen-bond acceptors (Lipinski definition) is 3. The van der Waals surface area contributed by atoms with Gasteiger partial charge in [-0.05, 0) is 12.5 Å². The third-order valence-electron chi connectivity index (χ3n) is 1.30. The zero-order valence-electron chi connectivity index (χ0n) is 6.79. The molecule has 64 valence electrons. The van der Waals surface area contributed by atoms with Crippen LogP contribution in [0, 0.1) is 0 Å². The van der Waals surface area contributed by atoms with Gasteiger partial charge in [0.1, 0.15) is 0 Å². The van der Waals surface area contributed by atoms with E-state index in [1.54, 1.807) is 6.20 Å². The number of aromatic nitrogens is 2. The van der Waals surface area contributed by atoms with Gasteiger partial charge in [-0.1, -0.05) is 24.6 Å². The quantitative estimate of drug-likeness (QED) is 0.765. The summed E-state index contributed by atoms with van der Waals surface area (Å²) in [4.78, 5) is 7.87. The number of nitrogens with zero attached hydrogens (tertiary/aromatic N) is 2. The second-order valence-electron chi connectivity index (χ2n) is 2.28. The number of nitrogen functional groups attached to an aromatic ring is 1. The van der Waals surface area contributed by atoms with Crippen molar-refractivity contribution in [3.05, 3.63) is 23.1 Å². The average Bonchev–Trinajstić information content (AvgIpc) is 2.07. The molecule has 0 saturated heterocycles. The number of halogens is 1. The molecule has 0 aliphatic rings. The first-order valence-electron chi connectivity index (χ1n) is 3.68. The molecule has 0 atom stereocenters. The Hall–Kier alpha value is -1.09. The molecule has 0 spiro atoms. The van der Waals surface area contributed by atoms with E-state index < -0.39 is 0 Å². The van der Waals surface area contributed by atoms with Gasteiger partial charge in [-0.3, -0.25) is 0 Å². The highest BCUT2D eigenvalue weighted by molar-refractivity contribution is 6.31. The molecule has 0 saturated carbocycles. The Kier molecular flexibility index (Phi) is 3.05. The van der Waals surface area contributed by atoms with Crippen molar-refractivity contribution in [2.45, 2.75) is 13.3 Å². The SMILES string of the molecule is CC/C=C/c1cnc(N)c(Cl)n1. The highest BCUT2D eigenvalue weighted by Gasteiger charge is 1.97. The zero-order valence-corrected chi connectivity index (χ0v) is 7.54. The van der Waals surface area contributed by atoms with Crippen molar-refractivity contribution >= 4 is 23.5 Å². The Labute approximate surface area is 76.3 Å². The van der Waals surface area contributed by atoms with Crippen LogP contribution in [0.15, 0.2) is 12.3 Å². The summed E-state index contributed by atoms with van der Waals surface area (Å²) in [6.07, 6.45) is 6.39. The molecule has 0 unspecified atom stereocenters. The van der Waals surface area contributed by atoms with E-state index in [0.717, 1.165) is 12.1 Å². The van der Waals surface area contributed by atoms with Gasteiger partial charge in [-0.2, -0.15) is 0 Å². The van der Waals surface area contributed by atoms with Crippen molar-refractivity contribution in [3.63, 3.8) is 0 Å². The maximum Gasteiger partial charge on any atom is 0.171 e. The summed E-state index contributed by atoms with van der Waals surface area (Å²) < 4.78 is 0. The van der Waals surface area contributed by atoms with Crippen molar-refractivity contribution in [2.24, 2.45) is 0 Å². The second-order valence-corrected chi connectivity index (χ2v) is 2.64. The highest BCUT2D eigenvalue weighted by Crippen LogP contribution is 2.12. The van der Waals surface area contributed by atoms with Crippen molar-refractivity contribution in [2.75, 3.05) is 5.73 Å². The summed E-state index contributed by atoms with van der Waals surface area (Å²) in [5.74, 6) is 0.269. The zero-order chi connectivity index (χ0) is 8.97. The Morgan fingerprint density at radius 3 is 3.00 bits per heavy atom. The molecule has 1 aromatic rings. The lowest BCUT2D eigenvalue weighted by Gasteiger charge is -1.96. The molecule has 4 heteroatoms. The first kappa shape index (κ1) is 9.00. The summed E-state index contributed by atoms with van der Waals surface area (Å²) >= 11 is 5.66. The van der Waals surface area contributed by atoms with E-state index in [0.29, 0.717) is 0 Å². The van der Waals surface area contributed by atoms with Crippen LogP contribution >= 0.6 is 11.6 Å². The highest BCUT2D eigenvalue weighted by atomic mass is 35.5. The average molecular weight is 184 g/mol. The summed E-state index contributed by atoms with van der Waals surface area (Å²) in [5.41, 5.74) is 6.12. The van der Waals surface area contributed by atoms with Crippen LogP contribution in [0.25, 0.3) is 6.08 Å². The molecule has 0 radical (unpaired) electrons. The maximum absolute atomic E-state index is 5.66. The molecule has 3 nitrogen and oxygen atoms in total. The van der Waals surface area contributed by atoms with E-state index in [9.17, 15) is 0 Å². The van der Waals surface area contributed by atoms with Crippen molar-refractivity contribution in [1.82, 2.24) is 9.97 Å². The van der Waals surface area contributed by atoms with E-state index in [1.165, 1.54) is 0 Å². The summed E-state index contributed by atoms with van der Waals surface area (Å²) in [5, 5.41) is 0.258. The van der Waals surface area contributed by atoms with Gasteiger partial charge >= 0.3 is 0 Å². The van der Waals surface area contributed by atoms with Gasteiger partial charge in [-0.25, -0.2) is 9.97 Å². The predicted molar refractivity (Wildman–Crippen MR) is 50.8 cm³/mol. The fraction of sp³-hybridized carbons (Fsp3) is 0.250. The largest absolute Gasteiger partial charge is 0.381 e. The van der Waals surface area contributed by atoms with E-state index >= 15 is 0 Å². The van der Waals surface area contributed by atoms with Crippen LogP contribution in [0.1, 0.15) is 19.0 Å². The third-order valence-corrected chi connectivity index (χ3v) is 1.58. The van der Waals surface area contributed by atoms with Crippen molar-refractivity contribution in [3.8, 4) is 0 Å². The second kappa shape index (κ2) is 4.07. The van der Waals surface area contributed by atoms with Crippen LogP contribution in [0.2, 0.25) is 5.15 Å². The Morgan fingerprint density at radius 1 is 1.67 bits per heavy atom. The van der Waals surface area contributed by atoms with Crippen molar-refractivity contribution in [1.29, 1.82) is 0 Å². The maximum atomic E-state index is 5.66. The Balaban J connectivity index is 2.89. The van der Waals surface area contributed by atoms with Crippen LogP contribution in [-0.2, 0) is 0 Å². The van der Waals surface area contributed by atoms with Crippen LogP contribution in [-0.4, -0.2) is 9.97 Å². The molecule has 1 rings (SSSR count). The van der Waals surface area contributed by atoms with E-state index in [1.807, 2.05) is 19.1 Å². The molecule has 12 heavy (non-hydrogen) atoms. The van der Waals surface area contributed by atoms with E-state index in [4.69, 9.17) is 17.3 Å². The van der Waals surface area contributed by atoms with Gasteiger partial charge in [0.15, 0.2) is 11.0 Å². The van der Waals surface area contributed by atoms with Crippen molar-refractivity contribution < 1.29 is 0 Å². The molecule has 2 N–H and O–H groups in total. The van der Waals surface area contributed by atoms with Gasteiger partial charge in [0.2, 0.25) is 0 Å². The Bertz CT molecular complexity index is 296. The molecular formula is C8H10ClN3. The minimum Gasteiger partial charge on any atom is -0.381 e. The lowest BCUT2D eigenvalue weighted by atomic mass is 10.3. The molecule has 0 aliphatic heterocycles.